The van der Waals surface area contributed by atoms with Crippen molar-refractivity contribution in [3.8, 4) is 28.7 Å². The summed E-state index contributed by atoms with van der Waals surface area (Å²) in [5, 5.41) is 12.8. The highest BCUT2D eigenvalue weighted by atomic mass is 16.5. The first-order valence-electron chi connectivity index (χ1n) is 10.4. The van der Waals surface area contributed by atoms with Crippen molar-refractivity contribution in [2.45, 2.75) is 0 Å². The molecule has 7 nitrogen and oxygen atoms in total. The predicted molar refractivity (Wildman–Crippen MR) is 134 cm³/mol. The number of phenolic OH excluding ortho intramolecular Hbond substituents is 1. The second-order valence-corrected chi connectivity index (χ2v) is 7.13. The lowest BCUT2D eigenvalue weighted by molar-refractivity contribution is -0.111. The molecule has 2 N–H and O–H groups in total. The first-order valence-corrected chi connectivity index (χ1v) is 10.4. The van der Waals surface area contributed by atoms with E-state index in [2.05, 4.69) is 5.32 Å². The van der Waals surface area contributed by atoms with E-state index in [1.165, 1.54) is 19.3 Å². The normalized spacial score (nSPS) is 10.9. The smallest absolute Gasteiger partial charge is 0.248 e. The third kappa shape index (κ3) is 5.89. The minimum absolute atomic E-state index is 0.00679. The molecular formula is C27H27NO6. The van der Waals surface area contributed by atoms with Gasteiger partial charge in [-0.15, -0.1) is 0 Å². The van der Waals surface area contributed by atoms with Crippen molar-refractivity contribution >= 4 is 29.8 Å². The van der Waals surface area contributed by atoms with Crippen molar-refractivity contribution in [1.82, 2.24) is 0 Å². The molecular weight excluding hydrogens is 434 g/mol. The van der Waals surface area contributed by atoms with Crippen LogP contribution in [-0.2, 0) is 4.79 Å². The van der Waals surface area contributed by atoms with Crippen molar-refractivity contribution in [3.05, 3.63) is 77.4 Å². The van der Waals surface area contributed by atoms with Crippen LogP contribution in [0.4, 0.5) is 5.69 Å². The Balaban J connectivity index is 1.78. The van der Waals surface area contributed by atoms with E-state index in [4.69, 9.17) is 18.9 Å². The van der Waals surface area contributed by atoms with Gasteiger partial charge in [-0.2, -0.15) is 0 Å². The van der Waals surface area contributed by atoms with E-state index >= 15 is 0 Å². The standard InChI is InChI=1S/C27H27NO6/c1-31-23-13-10-18(15-22(23)29)11-14-26(30)28-21-8-6-5-7-20(21)12-9-19-16-24(32-2)27(34-4)25(17-19)33-3/h5-17,29H,1-4H3,(H,28,30)/b12-9+,14-11+. The molecule has 3 aromatic rings. The highest BCUT2D eigenvalue weighted by Crippen LogP contribution is 2.38. The Kier molecular flexibility index (Phi) is 8.18. The van der Waals surface area contributed by atoms with Gasteiger partial charge in [-0.25, -0.2) is 0 Å². The molecule has 176 valence electrons. The van der Waals surface area contributed by atoms with E-state index in [1.54, 1.807) is 39.5 Å². The topological polar surface area (TPSA) is 86.3 Å². The zero-order chi connectivity index (χ0) is 24.5. The summed E-state index contributed by atoms with van der Waals surface area (Å²) in [6.45, 7) is 0. The lowest BCUT2D eigenvalue weighted by atomic mass is 10.1. The molecule has 0 aromatic heterocycles. The van der Waals surface area contributed by atoms with Crippen LogP contribution in [0, 0.1) is 0 Å². The first kappa shape index (κ1) is 24.3. The molecule has 3 rings (SSSR count). The van der Waals surface area contributed by atoms with Gasteiger partial charge in [0.15, 0.2) is 23.0 Å². The van der Waals surface area contributed by atoms with Gasteiger partial charge in [0.2, 0.25) is 11.7 Å². The van der Waals surface area contributed by atoms with Gasteiger partial charge in [0, 0.05) is 11.8 Å². The highest BCUT2D eigenvalue weighted by molar-refractivity contribution is 6.03. The van der Waals surface area contributed by atoms with Crippen molar-refractivity contribution in [3.63, 3.8) is 0 Å². The summed E-state index contributed by atoms with van der Waals surface area (Å²) >= 11 is 0. The number of anilines is 1. The van der Waals surface area contributed by atoms with E-state index in [0.29, 0.717) is 34.2 Å². The molecule has 0 aliphatic carbocycles. The fraction of sp³-hybridized carbons (Fsp3) is 0.148. The molecule has 0 atom stereocenters. The fourth-order valence-electron chi connectivity index (χ4n) is 3.30. The van der Waals surface area contributed by atoms with Crippen LogP contribution in [-0.4, -0.2) is 39.5 Å². The van der Waals surface area contributed by atoms with Crippen molar-refractivity contribution < 1.29 is 28.8 Å². The second-order valence-electron chi connectivity index (χ2n) is 7.13. The van der Waals surface area contributed by atoms with Gasteiger partial charge in [-0.3, -0.25) is 4.79 Å². The summed E-state index contributed by atoms with van der Waals surface area (Å²) in [6.07, 6.45) is 6.80. The lowest BCUT2D eigenvalue weighted by Gasteiger charge is -2.13. The number of rotatable bonds is 9. The zero-order valence-electron chi connectivity index (χ0n) is 19.5. The molecule has 3 aromatic carbocycles. The fourth-order valence-corrected chi connectivity index (χ4v) is 3.30. The maximum atomic E-state index is 12.5. The number of nitrogens with one attached hydrogen (secondary N) is 1. The molecule has 0 saturated carbocycles. The van der Waals surface area contributed by atoms with Crippen LogP contribution >= 0.6 is 0 Å². The summed E-state index contributed by atoms with van der Waals surface area (Å²) in [4.78, 5) is 12.5. The minimum Gasteiger partial charge on any atom is -0.504 e. The van der Waals surface area contributed by atoms with E-state index in [-0.39, 0.29) is 11.7 Å². The lowest BCUT2D eigenvalue weighted by Crippen LogP contribution is -2.08. The Morgan fingerprint density at radius 1 is 0.765 bits per heavy atom. The van der Waals surface area contributed by atoms with E-state index in [1.807, 2.05) is 48.6 Å². The average Bonchev–Trinajstić information content (AvgIpc) is 2.86. The molecule has 7 heteroatoms. The molecule has 0 spiro atoms. The molecule has 0 radical (unpaired) electrons. The largest absolute Gasteiger partial charge is 0.504 e. The molecule has 0 bridgehead atoms. The van der Waals surface area contributed by atoms with Gasteiger partial charge in [0.25, 0.3) is 0 Å². The van der Waals surface area contributed by atoms with Gasteiger partial charge in [-0.1, -0.05) is 36.4 Å². The molecule has 0 aliphatic heterocycles. The summed E-state index contributed by atoms with van der Waals surface area (Å²) in [6, 6.07) is 16.0. The highest BCUT2D eigenvalue weighted by Gasteiger charge is 2.12. The first-order chi connectivity index (χ1) is 16.5. The van der Waals surface area contributed by atoms with Crippen LogP contribution in [0.5, 0.6) is 28.7 Å². The number of methoxy groups -OCH3 is 4. The quantitative estimate of drug-likeness (QED) is 0.334. The van der Waals surface area contributed by atoms with Crippen molar-refractivity contribution in [2.24, 2.45) is 0 Å². The SMILES string of the molecule is COc1ccc(/C=C/C(=O)Nc2ccccc2/C=C/c2cc(OC)c(OC)c(OC)c2)cc1O. The molecule has 0 fully saturated rings. The molecule has 0 aliphatic rings. The summed E-state index contributed by atoms with van der Waals surface area (Å²) in [5.74, 6) is 1.70. The third-order valence-electron chi connectivity index (χ3n) is 4.99. The van der Waals surface area contributed by atoms with Gasteiger partial charge >= 0.3 is 0 Å². The van der Waals surface area contributed by atoms with Crippen molar-refractivity contribution in [1.29, 1.82) is 0 Å². The Morgan fingerprint density at radius 2 is 1.44 bits per heavy atom. The van der Waals surface area contributed by atoms with Crippen LogP contribution in [0.15, 0.2) is 60.7 Å². The number of phenols is 1. The van der Waals surface area contributed by atoms with Crippen LogP contribution in [0.3, 0.4) is 0 Å². The maximum Gasteiger partial charge on any atom is 0.248 e. The van der Waals surface area contributed by atoms with Gasteiger partial charge in [-0.05, 0) is 53.1 Å². The molecule has 0 heterocycles. The Bertz CT molecular complexity index is 1190. The van der Waals surface area contributed by atoms with Crippen LogP contribution in [0.25, 0.3) is 18.2 Å². The van der Waals surface area contributed by atoms with E-state index < -0.39 is 0 Å². The Hall–Kier alpha value is -4.39. The van der Waals surface area contributed by atoms with Gasteiger partial charge in [0.05, 0.1) is 28.4 Å². The number of benzene rings is 3. The van der Waals surface area contributed by atoms with E-state index in [9.17, 15) is 9.90 Å². The number of carbonyl (C=O) groups is 1. The van der Waals surface area contributed by atoms with Gasteiger partial charge < -0.3 is 29.4 Å². The summed E-state index contributed by atoms with van der Waals surface area (Å²) < 4.78 is 21.2. The molecule has 0 saturated heterocycles. The maximum absolute atomic E-state index is 12.5. The van der Waals surface area contributed by atoms with Crippen LogP contribution < -0.4 is 24.3 Å². The van der Waals surface area contributed by atoms with Crippen molar-refractivity contribution in [2.75, 3.05) is 33.8 Å². The Labute approximate surface area is 198 Å². The zero-order valence-corrected chi connectivity index (χ0v) is 19.5. The minimum atomic E-state index is -0.302. The number of hydrogen-bond acceptors (Lipinski definition) is 6. The van der Waals surface area contributed by atoms with Gasteiger partial charge in [0.1, 0.15) is 0 Å². The monoisotopic (exact) mass is 461 g/mol. The second kappa shape index (κ2) is 11.5. The number of amides is 1. The summed E-state index contributed by atoms with van der Waals surface area (Å²) in [7, 11) is 6.17. The number of para-hydroxylation sites is 1. The predicted octanol–water partition coefficient (Wildman–Crippen LogP) is 5.25. The van der Waals surface area contributed by atoms with Crippen LogP contribution in [0.1, 0.15) is 16.7 Å². The van der Waals surface area contributed by atoms with E-state index in [0.717, 1.165) is 11.1 Å². The number of hydrogen-bond donors (Lipinski definition) is 2. The molecule has 34 heavy (non-hydrogen) atoms. The number of aromatic hydroxyl groups is 1. The van der Waals surface area contributed by atoms with Crippen LogP contribution in [0.2, 0.25) is 0 Å². The summed E-state index contributed by atoms with van der Waals surface area (Å²) in [5.41, 5.74) is 2.98. The molecule has 1 amide bonds. The third-order valence-corrected chi connectivity index (χ3v) is 4.99. The Morgan fingerprint density at radius 3 is 2.06 bits per heavy atom. The average molecular weight is 462 g/mol. The number of carbonyl (C=O) groups excluding carboxylic acids is 1. The number of ether oxygens (including phenoxy) is 4. The molecule has 0 unspecified atom stereocenters.